The Bertz CT molecular complexity index is 1500. The molecule has 8 nitrogen and oxygen atoms in total. The van der Waals surface area contributed by atoms with E-state index >= 15 is 0 Å². The van der Waals surface area contributed by atoms with Gasteiger partial charge in [0.05, 0.1) is 12.9 Å². The van der Waals surface area contributed by atoms with E-state index in [0.29, 0.717) is 11.1 Å². The summed E-state index contributed by atoms with van der Waals surface area (Å²) >= 11 is 0. The second-order valence-electron chi connectivity index (χ2n) is 8.87. The molecule has 4 aromatic rings. The molecule has 0 radical (unpaired) electrons. The average molecular weight is 481 g/mol. The predicted octanol–water partition coefficient (Wildman–Crippen LogP) is 3.37. The van der Waals surface area contributed by atoms with Crippen LogP contribution in [-0.4, -0.2) is 38.8 Å². The van der Waals surface area contributed by atoms with E-state index in [2.05, 4.69) is 15.6 Å². The van der Waals surface area contributed by atoms with Gasteiger partial charge in [0.25, 0.3) is 11.8 Å². The van der Waals surface area contributed by atoms with Crippen LogP contribution in [0.3, 0.4) is 0 Å². The second kappa shape index (κ2) is 8.16. The van der Waals surface area contributed by atoms with E-state index < -0.39 is 23.3 Å². The van der Waals surface area contributed by atoms with Gasteiger partial charge in [0.2, 0.25) is 0 Å². The lowest BCUT2D eigenvalue weighted by Crippen LogP contribution is -2.52. The Morgan fingerprint density at radius 2 is 1.67 bits per heavy atom. The molecule has 1 saturated heterocycles. The molecule has 2 aliphatic rings. The van der Waals surface area contributed by atoms with Crippen molar-refractivity contribution < 1.29 is 18.8 Å². The van der Waals surface area contributed by atoms with E-state index in [9.17, 15) is 18.8 Å². The zero-order chi connectivity index (χ0) is 24.9. The minimum Gasteiger partial charge on any atom is -0.331 e. The first-order chi connectivity index (χ1) is 17.4. The molecule has 1 aromatic heterocycles. The molecule has 0 saturated carbocycles. The number of carbonyl (C=O) groups is 3. The van der Waals surface area contributed by atoms with E-state index in [0.717, 1.165) is 16.8 Å². The Balaban J connectivity index is 1.29. The first-order valence-electron chi connectivity index (χ1n) is 11.3. The number of imidazole rings is 1. The van der Waals surface area contributed by atoms with Crippen LogP contribution in [0, 0.1) is 5.82 Å². The van der Waals surface area contributed by atoms with Crippen LogP contribution in [0.15, 0.2) is 85.5 Å². The molecular formula is C27H20FN5O3. The number of carbonyl (C=O) groups excluding carboxylic acids is 3. The molecule has 6 rings (SSSR count). The van der Waals surface area contributed by atoms with Gasteiger partial charge in [-0.1, -0.05) is 42.5 Å². The van der Waals surface area contributed by atoms with E-state index in [1.807, 2.05) is 47.2 Å². The van der Waals surface area contributed by atoms with E-state index in [-0.39, 0.29) is 24.6 Å². The summed E-state index contributed by atoms with van der Waals surface area (Å²) in [4.78, 5) is 43.7. The number of rotatable bonds is 5. The number of nitrogens with one attached hydrogen (secondary N) is 2. The normalized spacial score (nSPS) is 18.8. The van der Waals surface area contributed by atoms with Crippen molar-refractivity contribution in [2.24, 2.45) is 0 Å². The van der Waals surface area contributed by atoms with Crippen LogP contribution >= 0.6 is 0 Å². The highest BCUT2D eigenvalue weighted by atomic mass is 19.1. The largest absolute Gasteiger partial charge is 0.331 e. The van der Waals surface area contributed by atoms with Crippen molar-refractivity contribution in [3.05, 3.63) is 108 Å². The summed E-state index contributed by atoms with van der Waals surface area (Å²) < 4.78 is 15.6. The standard InChI is InChI=1S/C27H20FN5O3/c28-21-8-3-19-14-33(24(34)23(19)13-21)15-27(25(35)30-26(36)31-27)20-6-1-17(2-7-20)18-4-9-22(10-5-18)32-12-11-29-16-32/h1-13,16H,14-15H2,(H2,30,31,35,36). The number of hydrogen-bond donors (Lipinski definition) is 2. The summed E-state index contributed by atoms with van der Waals surface area (Å²) in [5.74, 6) is -1.42. The van der Waals surface area contributed by atoms with Crippen LogP contribution in [-0.2, 0) is 16.9 Å². The molecule has 1 unspecified atom stereocenters. The first-order valence-corrected chi connectivity index (χ1v) is 11.3. The van der Waals surface area contributed by atoms with Gasteiger partial charge >= 0.3 is 6.03 Å². The zero-order valence-corrected chi connectivity index (χ0v) is 18.9. The molecule has 2 N–H and O–H groups in total. The summed E-state index contributed by atoms with van der Waals surface area (Å²) in [6.07, 6.45) is 5.31. The number of fused-ring (bicyclic) bond motifs is 1. The van der Waals surface area contributed by atoms with Gasteiger partial charge < -0.3 is 14.8 Å². The van der Waals surface area contributed by atoms with Crippen LogP contribution in [0.2, 0.25) is 0 Å². The van der Waals surface area contributed by atoms with Gasteiger partial charge in [0.15, 0.2) is 5.54 Å². The van der Waals surface area contributed by atoms with Crippen molar-refractivity contribution in [1.29, 1.82) is 0 Å². The number of aromatic nitrogens is 2. The zero-order valence-electron chi connectivity index (χ0n) is 18.9. The Labute approximate surface area is 205 Å². The molecule has 1 fully saturated rings. The van der Waals surface area contributed by atoms with Gasteiger partial charge in [-0.15, -0.1) is 0 Å². The third-order valence-corrected chi connectivity index (χ3v) is 6.70. The number of nitrogens with zero attached hydrogens (tertiary/aromatic N) is 3. The smallest absolute Gasteiger partial charge is 0.322 e. The van der Waals surface area contributed by atoms with Gasteiger partial charge in [0.1, 0.15) is 5.82 Å². The lowest BCUT2D eigenvalue weighted by Gasteiger charge is -2.31. The fourth-order valence-electron chi connectivity index (χ4n) is 4.83. The van der Waals surface area contributed by atoms with Crippen LogP contribution in [0.1, 0.15) is 21.5 Å². The van der Waals surface area contributed by atoms with Gasteiger partial charge in [-0.25, -0.2) is 14.2 Å². The van der Waals surface area contributed by atoms with E-state index in [4.69, 9.17) is 0 Å². The molecule has 36 heavy (non-hydrogen) atoms. The molecule has 4 amide bonds. The maximum Gasteiger partial charge on any atom is 0.322 e. The maximum absolute atomic E-state index is 13.7. The molecule has 0 aliphatic carbocycles. The van der Waals surface area contributed by atoms with Crippen molar-refractivity contribution in [2.45, 2.75) is 12.1 Å². The quantitative estimate of drug-likeness (QED) is 0.427. The SMILES string of the molecule is O=C1NC(=O)C(CN2Cc3ccc(F)cc3C2=O)(c2ccc(-c3ccc(-n4ccnc4)cc3)cc2)N1. The lowest BCUT2D eigenvalue weighted by atomic mass is 9.88. The van der Waals surface area contributed by atoms with Crippen LogP contribution in [0.4, 0.5) is 9.18 Å². The Hall–Kier alpha value is -4.79. The van der Waals surface area contributed by atoms with Crippen molar-refractivity contribution in [1.82, 2.24) is 25.1 Å². The van der Waals surface area contributed by atoms with E-state index in [1.54, 1.807) is 30.7 Å². The number of urea groups is 1. The highest BCUT2D eigenvalue weighted by Gasteiger charge is 2.50. The monoisotopic (exact) mass is 481 g/mol. The minimum absolute atomic E-state index is 0.0847. The van der Waals surface area contributed by atoms with E-state index in [1.165, 1.54) is 17.0 Å². The summed E-state index contributed by atoms with van der Waals surface area (Å²) in [5, 5.41) is 5.02. The third-order valence-electron chi connectivity index (χ3n) is 6.70. The molecule has 1 atom stereocenters. The molecule has 3 aromatic carbocycles. The van der Waals surface area contributed by atoms with Gasteiger partial charge in [-0.3, -0.25) is 14.9 Å². The lowest BCUT2D eigenvalue weighted by molar-refractivity contribution is -0.124. The summed E-state index contributed by atoms with van der Waals surface area (Å²) in [5.41, 5.74) is 2.91. The summed E-state index contributed by atoms with van der Waals surface area (Å²) in [7, 11) is 0. The van der Waals surface area contributed by atoms with Crippen LogP contribution in [0.25, 0.3) is 16.8 Å². The number of imide groups is 1. The maximum atomic E-state index is 13.7. The minimum atomic E-state index is -1.46. The fourth-order valence-corrected chi connectivity index (χ4v) is 4.83. The molecule has 0 bridgehead atoms. The fraction of sp³-hybridized carbons (Fsp3) is 0.111. The van der Waals surface area contributed by atoms with Crippen LogP contribution < -0.4 is 10.6 Å². The highest BCUT2D eigenvalue weighted by molar-refractivity contribution is 6.08. The summed E-state index contributed by atoms with van der Waals surface area (Å²) in [6.45, 7) is 0.138. The molecular weight excluding hydrogens is 461 g/mol. The molecule has 3 heterocycles. The molecule has 0 spiro atoms. The second-order valence-corrected chi connectivity index (χ2v) is 8.87. The Morgan fingerprint density at radius 1 is 0.944 bits per heavy atom. The van der Waals surface area contributed by atoms with Gasteiger partial charge in [-0.2, -0.15) is 0 Å². The van der Waals surface area contributed by atoms with Crippen molar-refractivity contribution in [3.8, 4) is 16.8 Å². The number of amides is 4. The Morgan fingerprint density at radius 3 is 2.31 bits per heavy atom. The third kappa shape index (κ3) is 3.52. The predicted molar refractivity (Wildman–Crippen MR) is 128 cm³/mol. The summed E-state index contributed by atoms with van der Waals surface area (Å²) in [6, 6.07) is 18.7. The van der Waals surface area contributed by atoms with Crippen molar-refractivity contribution in [2.75, 3.05) is 6.54 Å². The first kappa shape index (κ1) is 21.7. The number of halogens is 1. The van der Waals surface area contributed by atoms with Crippen LogP contribution in [0.5, 0.6) is 0 Å². The topological polar surface area (TPSA) is 96.3 Å². The highest BCUT2D eigenvalue weighted by Crippen LogP contribution is 2.32. The van der Waals surface area contributed by atoms with Gasteiger partial charge in [0, 0.05) is 30.2 Å². The molecule has 9 heteroatoms. The molecule has 178 valence electrons. The van der Waals surface area contributed by atoms with Crippen molar-refractivity contribution >= 4 is 17.8 Å². The number of hydrogen-bond acceptors (Lipinski definition) is 4. The molecule has 2 aliphatic heterocycles. The van der Waals surface area contributed by atoms with Crippen molar-refractivity contribution in [3.63, 3.8) is 0 Å². The Kier molecular flexibility index (Phi) is 4.92. The average Bonchev–Trinajstić information content (AvgIpc) is 3.59. The van der Waals surface area contributed by atoms with Gasteiger partial charge in [-0.05, 0) is 46.5 Å². The number of benzene rings is 3.